The molecule has 0 aliphatic heterocycles. The van der Waals surface area contributed by atoms with E-state index in [9.17, 15) is 0 Å². The number of halogens is 2. The summed E-state index contributed by atoms with van der Waals surface area (Å²) in [5.74, 6) is 0. The van der Waals surface area contributed by atoms with Crippen molar-refractivity contribution in [1.82, 2.24) is 4.98 Å². The number of pyridine rings is 1. The molecule has 1 aromatic rings. The SMILES string of the molecule is C=CCN(c1cc(C)c(Br)nc1Cl)C(CC)CC. The molecule has 0 aliphatic rings. The first-order valence-electron chi connectivity index (χ1n) is 6.25. The van der Waals surface area contributed by atoms with Gasteiger partial charge in [0.15, 0.2) is 5.15 Å². The third kappa shape index (κ3) is 3.48. The van der Waals surface area contributed by atoms with Crippen molar-refractivity contribution in [1.29, 1.82) is 0 Å². The first kappa shape index (κ1) is 15.5. The van der Waals surface area contributed by atoms with Crippen LogP contribution in [0, 0.1) is 6.92 Å². The van der Waals surface area contributed by atoms with E-state index in [1.165, 1.54) is 0 Å². The number of nitrogens with zero attached hydrogens (tertiary/aromatic N) is 2. The maximum atomic E-state index is 6.27. The Kier molecular flexibility index (Phi) is 6.16. The number of anilines is 1. The first-order chi connectivity index (χ1) is 8.54. The predicted octanol–water partition coefficient (Wildman–Crippen LogP) is 4.99. The highest BCUT2D eigenvalue weighted by Crippen LogP contribution is 2.31. The molecule has 4 heteroatoms. The summed E-state index contributed by atoms with van der Waals surface area (Å²) in [5.41, 5.74) is 2.08. The predicted molar refractivity (Wildman–Crippen MR) is 83.6 cm³/mol. The Hall–Kier alpha value is -0.540. The molecule has 0 saturated heterocycles. The number of hydrogen-bond acceptors (Lipinski definition) is 2. The molecule has 1 heterocycles. The summed E-state index contributed by atoms with van der Waals surface area (Å²) in [5, 5.41) is 0.543. The molecule has 0 fully saturated rings. The lowest BCUT2D eigenvalue weighted by Gasteiger charge is -2.32. The van der Waals surface area contributed by atoms with Gasteiger partial charge in [-0.05, 0) is 47.3 Å². The third-order valence-electron chi connectivity index (χ3n) is 3.10. The lowest BCUT2D eigenvalue weighted by Crippen LogP contribution is -2.35. The average molecular weight is 332 g/mol. The largest absolute Gasteiger partial charge is 0.362 e. The Bertz CT molecular complexity index is 417. The van der Waals surface area contributed by atoms with Crippen molar-refractivity contribution in [2.75, 3.05) is 11.4 Å². The summed E-state index contributed by atoms with van der Waals surface area (Å²) in [4.78, 5) is 6.61. The maximum absolute atomic E-state index is 6.27. The van der Waals surface area contributed by atoms with Crippen LogP contribution in [0.25, 0.3) is 0 Å². The second-order valence-corrected chi connectivity index (χ2v) is 5.43. The summed E-state index contributed by atoms with van der Waals surface area (Å²) in [7, 11) is 0. The van der Waals surface area contributed by atoms with E-state index in [1.807, 2.05) is 13.0 Å². The first-order valence-corrected chi connectivity index (χ1v) is 7.42. The quantitative estimate of drug-likeness (QED) is 0.539. The zero-order valence-electron chi connectivity index (χ0n) is 11.2. The molecule has 100 valence electrons. The van der Waals surface area contributed by atoms with Crippen molar-refractivity contribution < 1.29 is 0 Å². The molecule has 0 atom stereocenters. The highest BCUT2D eigenvalue weighted by Gasteiger charge is 2.18. The van der Waals surface area contributed by atoms with Gasteiger partial charge in [0, 0.05) is 12.6 Å². The number of aryl methyl sites for hydroxylation is 1. The summed E-state index contributed by atoms with van der Waals surface area (Å²) < 4.78 is 0.805. The van der Waals surface area contributed by atoms with Crippen molar-refractivity contribution >= 4 is 33.2 Å². The summed E-state index contributed by atoms with van der Waals surface area (Å²) in [6.45, 7) is 11.0. The monoisotopic (exact) mass is 330 g/mol. The summed E-state index contributed by atoms with van der Waals surface area (Å²) in [6.07, 6.45) is 4.07. The normalized spacial score (nSPS) is 10.8. The molecule has 0 amide bonds. The van der Waals surface area contributed by atoms with E-state index in [0.29, 0.717) is 11.2 Å². The standard InChI is InChI=1S/C14H20BrClN2/c1-5-8-18(11(6-2)7-3)12-9-10(4)13(15)17-14(12)16/h5,9,11H,1,6-8H2,2-4H3. The van der Waals surface area contributed by atoms with Gasteiger partial charge in [-0.25, -0.2) is 4.98 Å². The van der Waals surface area contributed by atoms with Crippen LogP contribution in [-0.2, 0) is 0 Å². The molecular weight excluding hydrogens is 312 g/mol. The molecule has 0 saturated carbocycles. The van der Waals surface area contributed by atoms with Gasteiger partial charge in [-0.15, -0.1) is 6.58 Å². The fourth-order valence-electron chi connectivity index (χ4n) is 2.07. The van der Waals surface area contributed by atoms with E-state index in [4.69, 9.17) is 11.6 Å². The van der Waals surface area contributed by atoms with Gasteiger partial charge in [-0.2, -0.15) is 0 Å². The smallest absolute Gasteiger partial charge is 0.153 e. The van der Waals surface area contributed by atoms with Gasteiger partial charge >= 0.3 is 0 Å². The van der Waals surface area contributed by atoms with Crippen molar-refractivity contribution in [2.24, 2.45) is 0 Å². The average Bonchev–Trinajstić information content (AvgIpc) is 2.34. The summed E-state index contributed by atoms with van der Waals surface area (Å²) in [6, 6.07) is 2.55. The second kappa shape index (κ2) is 7.15. The lowest BCUT2D eigenvalue weighted by atomic mass is 10.1. The van der Waals surface area contributed by atoms with Crippen LogP contribution in [0.15, 0.2) is 23.3 Å². The maximum Gasteiger partial charge on any atom is 0.153 e. The van der Waals surface area contributed by atoms with Crippen LogP contribution in [0.1, 0.15) is 32.3 Å². The van der Waals surface area contributed by atoms with E-state index >= 15 is 0 Å². The van der Waals surface area contributed by atoms with Gasteiger partial charge in [0.05, 0.1) is 5.69 Å². The van der Waals surface area contributed by atoms with E-state index in [1.54, 1.807) is 0 Å². The second-order valence-electron chi connectivity index (χ2n) is 4.32. The zero-order chi connectivity index (χ0) is 13.7. The fourth-order valence-corrected chi connectivity index (χ4v) is 2.71. The number of aromatic nitrogens is 1. The molecule has 0 spiro atoms. The highest BCUT2D eigenvalue weighted by molar-refractivity contribution is 9.10. The van der Waals surface area contributed by atoms with Crippen LogP contribution in [0.3, 0.4) is 0 Å². The fraction of sp³-hybridized carbons (Fsp3) is 0.500. The van der Waals surface area contributed by atoms with E-state index in [0.717, 1.165) is 35.2 Å². The lowest BCUT2D eigenvalue weighted by molar-refractivity contribution is 0.575. The molecule has 18 heavy (non-hydrogen) atoms. The van der Waals surface area contributed by atoms with Gasteiger partial charge in [0.1, 0.15) is 4.60 Å². The van der Waals surface area contributed by atoms with Crippen LogP contribution >= 0.6 is 27.5 Å². The molecule has 1 rings (SSSR count). The van der Waals surface area contributed by atoms with E-state index in [-0.39, 0.29) is 0 Å². The Balaban J connectivity index is 3.20. The zero-order valence-corrected chi connectivity index (χ0v) is 13.6. The topological polar surface area (TPSA) is 16.1 Å². The molecule has 2 nitrogen and oxygen atoms in total. The van der Waals surface area contributed by atoms with E-state index < -0.39 is 0 Å². The highest BCUT2D eigenvalue weighted by atomic mass is 79.9. The molecule has 0 aromatic carbocycles. The molecule has 1 aromatic heterocycles. The molecule has 0 bridgehead atoms. The third-order valence-corrected chi connectivity index (χ3v) is 4.19. The van der Waals surface area contributed by atoms with Crippen molar-refractivity contribution in [3.63, 3.8) is 0 Å². The minimum atomic E-state index is 0.461. The van der Waals surface area contributed by atoms with Gasteiger partial charge < -0.3 is 4.90 Å². The molecule has 0 N–H and O–H groups in total. The van der Waals surface area contributed by atoms with Crippen molar-refractivity contribution in [3.8, 4) is 0 Å². The van der Waals surface area contributed by atoms with E-state index in [2.05, 4.69) is 52.3 Å². The van der Waals surface area contributed by atoms with Crippen LogP contribution in [0.4, 0.5) is 5.69 Å². The minimum absolute atomic E-state index is 0.461. The van der Waals surface area contributed by atoms with Gasteiger partial charge in [0.2, 0.25) is 0 Å². The van der Waals surface area contributed by atoms with Gasteiger partial charge in [-0.3, -0.25) is 0 Å². The van der Waals surface area contributed by atoms with Crippen molar-refractivity contribution in [3.05, 3.63) is 34.0 Å². The van der Waals surface area contributed by atoms with Crippen LogP contribution in [-0.4, -0.2) is 17.6 Å². The molecule has 0 aliphatic carbocycles. The Morgan fingerprint density at radius 2 is 2.11 bits per heavy atom. The summed E-state index contributed by atoms with van der Waals surface area (Å²) >= 11 is 9.68. The Morgan fingerprint density at radius 3 is 2.61 bits per heavy atom. The van der Waals surface area contributed by atoms with Crippen LogP contribution in [0.5, 0.6) is 0 Å². The van der Waals surface area contributed by atoms with Crippen LogP contribution < -0.4 is 4.90 Å². The number of hydrogen-bond donors (Lipinski definition) is 0. The van der Waals surface area contributed by atoms with Crippen molar-refractivity contribution in [2.45, 2.75) is 39.7 Å². The minimum Gasteiger partial charge on any atom is -0.362 e. The molecular formula is C14H20BrClN2. The van der Waals surface area contributed by atoms with Crippen LogP contribution in [0.2, 0.25) is 5.15 Å². The Labute approximate surface area is 123 Å². The number of rotatable bonds is 6. The van der Waals surface area contributed by atoms with Gasteiger partial charge in [-0.1, -0.05) is 31.5 Å². The Morgan fingerprint density at radius 1 is 1.50 bits per heavy atom. The molecule has 0 radical (unpaired) electrons. The molecule has 0 unspecified atom stereocenters. The van der Waals surface area contributed by atoms with Gasteiger partial charge in [0.25, 0.3) is 0 Å².